The van der Waals surface area contributed by atoms with Gasteiger partial charge in [0.1, 0.15) is 12.2 Å². The number of rotatable bonds is 7. The van der Waals surface area contributed by atoms with Gasteiger partial charge < -0.3 is 19.7 Å². The molecule has 1 aromatic rings. The van der Waals surface area contributed by atoms with Gasteiger partial charge in [-0.15, -0.1) is 0 Å². The van der Waals surface area contributed by atoms with Crippen molar-refractivity contribution in [2.24, 2.45) is 5.92 Å². The van der Waals surface area contributed by atoms with E-state index in [4.69, 9.17) is 9.47 Å². The van der Waals surface area contributed by atoms with Crippen LogP contribution in [0.2, 0.25) is 0 Å². The van der Waals surface area contributed by atoms with Crippen molar-refractivity contribution in [2.75, 3.05) is 13.1 Å². The van der Waals surface area contributed by atoms with Gasteiger partial charge in [0, 0.05) is 13.1 Å². The Morgan fingerprint density at radius 1 is 1.25 bits per heavy atom. The third kappa shape index (κ3) is 5.63. The van der Waals surface area contributed by atoms with Gasteiger partial charge in [-0.3, -0.25) is 0 Å². The van der Waals surface area contributed by atoms with Crippen LogP contribution in [-0.2, 0) is 16.1 Å². The van der Waals surface area contributed by atoms with Crippen LogP contribution in [0.1, 0.15) is 59.4 Å². The summed E-state index contributed by atoms with van der Waals surface area (Å²) in [7, 11) is 0. The van der Waals surface area contributed by atoms with Crippen molar-refractivity contribution >= 4 is 12.2 Å². The molecule has 6 heteroatoms. The van der Waals surface area contributed by atoms with Gasteiger partial charge in [-0.2, -0.15) is 0 Å². The number of hydrogen-bond donors (Lipinski definition) is 1. The molecular weight excluding hydrogens is 356 g/mol. The van der Waals surface area contributed by atoms with E-state index < -0.39 is 17.2 Å². The molecule has 0 saturated carbocycles. The van der Waals surface area contributed by atoms with Crippen LogP contribution >= 0.6 is 0 Å². The standard InChI is InChI=1S/C22H34N2O4/c1-6-7-13-22(16-23-19(25)28-21(3,4)5)17(2)14-24(22)20(26)27-15-18-11-9-8-10-12-18/h8-12,17H,6-7,13-16H2,1-5H3,(H,23,25). The Labute approximate surface area is 168 Å². The summed E-state index contributed by atoms with van der Waals surface area (Å²) in [5, 5.41) is 2.87. The Hall–Kier alpha value is -2.24. The molecule has 0 bridgehead atoms. The SMILES string of the molecule is CCCCC1(CNC(=O)OC(C)(C)C)C(C)CN1C(=O)OCc1ccccc1. The molecular formula is C22H34N2O4. The highest BCUT2D eigenvalue weighted by atomic mass is 16.6. The van der Waals surface area contributed by atoms with Crippen molar-refractivity contribution in [3.63, 3.8) is 0 Å². The molecule has 1 fully saturated rings. The van der Waals surface area contributed by atoms with Gasteiger partial charge in [0.05, 0.1) is 5.54 Å². The van der Waals surface area contributed by atoms with E-state index in [2.05, 4.69) is 19.2 Å². The van der Waals surface area contributed by atoms with Crippen LogP contribution in [0, 0.1) is 5.92 Å². The zero-order chi connectivity index (χ0) is 20.8. The van der Waals surface area contributed by atoms with E-state index in [0.29, 0.717) is 13.1 Å². The predicted molar refractivity (Wildman–Crippen MR) is 109 cm³/mol. The van der Waals surface area contributed by atoms with Crippen LogP contribution in [0.3, 0.4) is 0 Å². The van der Waals surface area contributed by atoms with Gasteiger partial charge in [0.25, 0.3) is 0 Å². The average molecular weight is 391 g/mol. The Bertz CT molecular complexity index is 656. The predicted octanol–water partition coefficient (Wildman–Crippen LogP) is 4.73. The monoisotopic (exact) mass is 390 g/mol. The number of amides is 2. The van der Waals surface area contributed by atoms with Crippen molar-refractivity contribution in [3.8, 4) is 0 Å². The fraction of sp³-hybridized carbons (Fsp3) is 0.636. The van der Waals surface area contributed by atoms with Gasteiger partial charge in [-0.05, 0) is 38.7 Å². The summed E-state index contributed by atoms with van der Waals surface area (Å²) in [6.45, 7) is 11.0. The average Bonchev–Trinajstić information content (AvgIpc) is 2.63. The number of likely N-dealkylation sites (tertiary alicyclic amines) is 1. The van der Waals surface area contributed by atoms with Crippen LogP contribution in [0.4, 0.5) is 9.59 Å². The lowest BCUT2D eigenvalue weighted by molar-refractivity contribution is -0.0692. The fourth-order valence-corrected chi connectivity index (χ4v) is 3.59. The van der Waals surface area contributed by atoms with Crippen LogP contribution in [0.5, 0.6) is 0 Å². The maximum atomic E-state index is 12.8. The van der Waals surface area contributed by atoms with E-state index in [1.54, 1.807) is 4.90 Å². The number of carbonyl (C=O) groups excluding carboxylic acids is 2. The molecule has 1 saturated heterocycles. The van der Waals surface area contributed by atoms with Gasteiger partial charge in [-0.1, -0.05) is 57.0 Å². The summed E-state index contributed by atoms with van der Waals surface area (Å²) in [5.41, 5.74) is -0.0311. The largest absolute Gasteiger partial charge is 0.445 e. The first-order chi connectivity index (χ1) is 13.2. The Kier molecular flexibility index (Phi) is 7.33. The number of benzene rings is 1. The van der Waals surface area contributed by atoms with Crippen LogP contribution in [0.15, 0.2) is 30.3 Å². The molecule has 156 valence electrons. The van der Waals surface area contributed by atoms with E-state index in [0.717, 1.165) is 24.8 Å². The minimum atomic E-state index is -0.555. The number of hydrogen-bond acceptors (Lipinski definition) is 4. The lowest BCUT2D eigenvalue weighted by atomic mass is 9.72. The summed E-state index contributed by atoms with van der Waals surface area (Å²) in [4.78, 5) is 26.7. The summed E-state index contributed by atoms with van der Waals surface area (Å²) < 4.78 is 10.9. The normalized spacial score (nSPS) is 21.6. The third-order valence-corrected chi connectivity index (χ3v) is 5.24. The quantitative estimate of drug-likeness (QED) is 0.731. The van der Waals surface area contributed by atoms with Gasteiger partial charge in [0.15, 0.2) is 0 Å². The highest BCUT2D eigenvalue weighted by Gasteiger charge is 2.53. The molecule has 0 radical (unpaired) electrons. The Balaban J connectivity index is 2.02. The molecule has 1 heterocycles. The van der Waals surface area contributed by atoms with Gasteiger partial charge in [0.2, 0.25) is 0 Å². The number of unbranched alkanes of at least 4 members (excludes halogenated alkanes) is 1. The lowest BCUT2D eigenvalue weighted by Crippen LogP contribution is -2.72. The van der Waals surface area contributed by atoms with Gasteiger partial charge in [-0.25, -0.2) is 9.59 Å². The minimum absolute atomic E-state index is 0.244. The number of carbonyl (C=O) groups is 2. The first-order valence-electron chi connectivity index (χ1n) is 10.1. The second-order valence-corrected chi connectivity index (χ2v) is 8.61. The van der Waals surface area contributed by atoms with Crippen LogP contribution in [-0.4, -0.2) is 41.3 Å². The minimum Gasteiger partial charge on any atom is -0.445 e. The summed E-state index contributed by atoms with van der Waals surface area (Å²) in [6, 6.07) is 9.64. The Morgan fingerprint density at radius 3 is 2.50 bits per heavy atom. The molecule has 2 unspecified atom stereocenters. The van der Waals surface area contributed by atoms with Crippen molar-refractivity contribution in [1.82, 2.24) is 10.2 Å². The second-order valence-electron chi connectivity index (χ2n) is 8.61. The molecule has 2 atom stereocenters. The molecule has 2 amide bonds. The zero-order valence-corrected chi connectivity index (χ0v) is 17.8. The van der Waals surface area contributed by atoms with Crippen molar-refractivity contribution in [2.45, 2.75) is 71.6 Å². The number of ether oxygens (including phenoxy) is 2. The van der Waals surface area contributed by atoms with Crippen LogP contribution < -0.4 is 5.32 Å². The highest BCUT2D eigenvalue weighted by Crippen LogP contribution is 2.41. The molecule has 1 aliphatic rings. The smallest absolute Gasteiger partial charge is 0.410 e. The second kappa shape index (κ2) is 9.30. The zero-order valence-electron chi connectivity index (χ0n) is 17.8. The van der Waals surface area contributed by atoms with Crippen molar-refractivity contribution in [3.05, 3.63) is 35.9 Å². The number of nitrogens with zero attached hydrogens (tertiary/aromatic N) is 1. The van der Waals surface area contributed by atoms with Gasteiger partial charge >= 0.3 is 12.2 Å². The molecule has 6 nitrogen and oxygen atoms in total. The van der Waals surface area contributed by atoms with E-state index in [9.17, 15) is 9.59 Å². The molecule has 1 N–H and O–H groups in total. The topological polar surface area (TPSA) is 67.9 Å². The lowest BCUT2D eigenvalue weighted by Gasteiger charge is -2.57. The summed E-state index contributed by atoms with van der Waals surface area (Å²) >= 11 is 0. The van der Waals surface area contributed by atoms with E-state index in [1.807, 2.05) is 51.1 Å². The first-order valence-corrected chi connectivity index (χ1v) is 10.1. The molecule has 1 aliphatic heterocycles. The summed E-state index contributed by atoms with van der Waals surface area (Å²) in [6.07, 6.45) is 2.03. The molecule has 0 spiro atoms. The molecule has 2 rings (SSSR count). The first kappa shape index (κ1) is 22.1. The van der Waals surface area contributed by atoms with E-state index >= 15 is 0 Å². The van der Waals surface area contributed by atoms with Crippen LogP contribution in [0.25, 0.3) is 0 Å². The molecule has 0 aromatic heterocycles. The van der Waals surface area contributed by atoms with Crippen molar-refractivity contribution < 1.29 is 19.1 Å². The van der Waals surface area contributed by atoms with E-state index in [-0.39, 0.29) is 18.6 Å². The number of nitrogens with one attached hydrogen (secondary N) is 1. The molecule has 1 aromatic carbocycles. The highest BCUT2D eigenvalue weighted by molar-refractivity contribution is 5.71. The third-order valence-electron chi connectivity index (χ3n) is 5.24. The molecule has 0 aliphatic carbocycles. The van der Waals surface area contributed by atoms with Crippen molar-refractivity contribution in [1.29, 1.82) is 0 Å². The molecule has 28 heavy (non-hydrogen) atoms. The maximum Gasteiger partial charge on any atom is 0.410 e. The summed E-state index contributed by atoms with van der Waals surface area (Å²) in [5.74, 6) is 0.276. The Morgan fingerprint density at radius 2 is 1.93 bits per heavy atom. The van der Waals surface area contributed by atoms with E-state index in [1.165, 1.54) is 0 Å². The number of alkyl carbamates (subject to hydrolysis) is 1. The maximum absolute atomic E-state index is 12.8. The fourth-order valence-electron chi connectivity index (χ4n) is 3.59.